The molecule has 0 aliphatic rings. The van der Waals surface area contributed by atoms with Crippen LogP contribution < -0.4 is 10.9 Å². The summed E-state index contributed by atoms with van der Waals surface area (Å²) >= 11 is 7.46. The second kappa shape index (κ2) is 7.64. The van der Waals surface area contributed by atoms with E-state index in [2.05, 4.69) is 22.2 Å². The van der Waals surface area contributed by atoms with Crippen LogP contribution in [0.5, 0.6) is 0 Å². The first-order valence-electron chi connectivity index (χ1n) is 8.76. The van der Waals surface area contributed by atoms with Crippen LogP contribution in [0.1, 0.15) is 24.4 Å². The van der Waals surface area contributed by atoms with E-state index in [4.69, 9.17) is 11.6 Å². The van der Waals surface area contributed by atoms with E-state index in [0.717, 1.165) is 21.0 Å². The van der Waals surface area contributed by atoms with Crippen molar-refractivity contribution in [2.24, 2.45) is 0 Å². The average Bonchev–Trinajstić information content (AvgIpc) is 3.12. The number of hydrogen-bond donors (Lipinski definition) is 2. The zero-order valence-corrected chi connectivity index (χ0v) is 16.3. The maximum atomic E-state index is 12.7. The van der Waals surface area contributed by atoms with Gasteiger partial charge in [0.2, 0.25) is 0 Å². The van der Waals surface area contributed by atoms with Gasteiger partial charge in [0.25, 0.3) is 5.56 Å². The number of nitrogens with two attached hydrogens (primary N) is 1. The van der Waals surface area contributed by atoms with Crippen LogP contribution in [0.3, 0.4) is 0 Å². The van der Waals surface area contributed by atoms with Gasteiger partial charge in [-0.15, -0.1) is 11.3 Å². The lowest BCUT2D eigenvalue weighted by molar-refractivity contribution is -0.708. The predicted octanol–water partition coefficient (Wildman–Crippen LogP) is 4.13. The van der Waals surface area contributed by atoms with Crippen LogP contribution in [0, 0.1) is 0 Å². The van der Waals surface area contributed by atoms with Crippen molar-refractivity contribution in [3.8, 4) is 11.1 Å². The molecule has 0 unspecified atom stereocenters. The minimum Gasteiger partial charge on any atom is -0.334 e. The molecule has 0 aliphatic heterocycles. The van der Waals surface area contributed by atoms with Crippen LogP contribution in [0.25, 0.3) is 21.3 Å². The van der Waals surface area contributed by atoms with Gasteiger partial charge in [0.15, 0.2) is 5.82 Å². The second-order valence-electron chi connectivity index (χ2n) is 6.49. The van der Waals surface area contributed by atoms with Crippen molar-refractivity contribution in [3.05, 3.63) is 86.7 Å². The van der Waals surface area contributed by atoms with E-state index in [-0.39, 0.29) is 11.6 Å². The smallest absolute Gasteiger partial charge is 0.260 e. The van der Waals surface area contributed by atoms with Gasteiger partial charge in [-0.3, -0.25) is 4.79 Å². The van der Waals surface area contributed by atoms with Crippen LogP contribution in [0.4, 0.5) is 0 Å². The van der Waals surface area contributed by atoms with Crippen molar-refractivity contribution in [2.45, 2.75) is 19.5 Å². The summed E-state index contributed by atoms with van der Waals surface area (Å²) in [5.41, 5.74) is 3.08. The summed E-state index contributed by atoms with van der Waals surface area (Å²) in [6, 6.07) is 18.0. The van der Waals surface area contributed by atoms with Crippen LogP contribution in [0.2, 0.25) is 5.02 Å². The Bertz CT molecular complexity index is 1120. The van der Waals surface area contributed by atoms with Gasteiger partial charge in [-0.05, 0) is 24.6 Å². The van der Waals surface area contributed by atoms with Gasteiger partial charge in [-0.25, -0.2) is 4.98 Å². The third-order valence-corrected chi connectivity index (χ3v) is 5.76. The summed E-state index contributed by atoms with van der Waals surface area (Å²) < 4.78 is 0. The van der Waals surface area contributed by atoms with Crippen LogP contribution in [-0.2, 0) is 6.54 Å². The summed E-state index contributed by atoms with van der Waals surface area (Å²) in [6.07, 6.45) is 0. The Labute approximate surface area is 165 Å². The van der Waals surface area contributed by atoms with Gasteiger partial charge in [-0.1, -0.05) is 54.1 Å². The molecule has 0 aliphatic carbocycles. The highest BCUT2D eigenvalue weighted by atomic mass is 35.5. The minimum atomic E-state index is -0.0809. The van der Waals surface area contributed by atoms with E-state index in [9.17, 15) is 4.79 Å². The molecule has 0 radical (unpaired) electrons. The molecule has 3 N–H and O–H groups in total. The fourth-order valence-corrected chi connectivity index (χ4v) is 4.20. The maximum absolute atomic E-state index is 12.7. The lowest BCUT2D eigenvalue weighted by Gasteiger charge is -2.10. The molecule has 136 valence electrons. The number of benzene rings is 2. The van der Waals surface area contributed by atoms with Gasteiger partial charge in [0.05, 0.1) is 5.39 Å². The Balaban J connectivity index is 1.57. The Morgan fingerprint density at radius 3 is 2.63 bits per heavy atom. The highest BCUT2D eigenvalue weighted by Crippen LogP contribution is 2.30. The molecule has 0 amide bonds. The summed E-state index contributed by atoms with van der Waals surface area (Å²) in [5.74, 6) is 0.690. The first kappa shape index (κ1) is 17.9. The van der Waals surface area contributed by atoms with E-state index in [1.54, 1.807) is 0 Å². The Morgan fingerprint density at radius 1 is 1.15 bits per heavy atom. The van der Waals surface area contributed by atoms with E-state index in [1.165, 1.54) is 16.9 Å². The summed E-state index contributed by atoms with van der Waals surface area (Å²) in [6.45, 7) is 2.73. The number of hydrogen-bond acceptors (Lipinski definition) is 3. The van der Waals surface area contributed by atoms with E-state index in [0.29, 0.717) is 17.8 Å². The van der Waals surface area contributed by atoms with Gasteiger partial charge in [-0.2, -0.15) is 0 Å². The van der Waals surface area contributed by atoms with Crippen molar-refractivity contribution in [3.63, 3.8) is 0 Å². The number of quaternary nitrogens is 1. The molecule has 2 heterocycles. The highest BCUT2D eigenvalue weighted by Gasteiger charge is 2.14. The molecule has 0 spiro atoms. The second-order valence-corrected chi connectivity index (χ2v) is 7.78. The number of nitrogens with zero attached hydrogens (tertiary/aromatic N) is 1. The van der Waals surface area contributed by atoms with Crippen LogP contribution in [0.15, 0.2) is 64.8 Å². The normalized spacial score (nSPS) is 12.4. The Kier molecular flexibility index (Phi) is 5.07. The van der Waals surface area contributed by atoms with Crippen LogP contribution in [-0.4, -0.2) is 9.97 Å². The fraction of sp³-hybridized carbons (Fsp3) is 0.143. The average molecular weight is 397 g/mol. The zero-order valence-electron chi connectivity index (χ0n) is 14.8. The molecule has 0 saturated carbocycles. The summed E-state index contributed by atoms with van der Waals surface area (Å²) in [5, 5.41) is 5.56. The topological polar surface area (TPSA) is 62.4 Å². The van der Waals surface area contributed by atoms with Gasteiger partial charge < -0.3 is 10.3 Å². The quantitative estimate of drug-likeness (QED) is 0.532. The standard InChI is InChI=1S/C21H18ClN3OS/c1-13(14-7-9-16(22)10-8-14)23-11-18-24-20(26)19-17(12-27-21(19)25-18)15-5-3-2-4-6-15/h2-10,12-13,23H,11H2,1H3,(H,24,25,26)/p+1/t13-/m0/s1. The molecule has 6 heteroatoms. The highest BCUT2D eigenvalue weighted by molar-refractivity contribution is 7.17. The fourth-order valence-electron chi connectivity index (χ4n) is 3.11. The van der Waals surface area contributed by atoms with E-state index < -0.39 is 0 Å². The molecule has 2 aromatic heterocycles. The molecule has 0 saturated heterocycles. The van der Waals surface area contributed by atoms with Gasteiger partial charge >= 0.3 is 0 Å². The minimum absolute atomic E-state index is 0.0809. The number of aromatic nitrogens is 2. The molecule has 4 rings (SSSR count). The number of H-pyrrole nitrogens is 1. The third kappa shape index (κ3) is 3.81. The number of thiophene rings is 1. The number of rotatable bonds is 5. The molecular formula is C21H19ClN3OS+. The summed E-state index contributed by atoms with van der Waals surface area (Å²) in [7, 11) is 0. The van der Waals surface area contributed by atoms with Crippen molar-refractivity contribution in [1.29, 1.82) is 0 Å². The molecule has 1 atom stereocenters. The molecule has 4 aromatic rings. The van der Waals surface area contributed by atoms with Crippen molar-refractivity contribution < 1.29 is 5.32 Å². The monoisotopic (exact) mass is 396 g/mol. The zero-order chi connectivity index (χ0) is 18.8. The molecule has 2 aromatic carbocycles. The number of nitrogens with one attached hydrogen (secondary N) is 1. The lowest BCUT2D eigenvalue weighted by Crippen LogP contribution is -2.83. The first-order chi connectivity index (χ1) is 13.1. The molecule has 27 heavy (non-hydrogen) atoms. The number of fused-ring (bicyclic) bond motifs is 1. The van der Waals surface area contributed by atoms with Gasteiger partial charge in [0, 0.05) is 21.5 Å². The van der Waals surface area contributed by atoms with E-state index in [1.807, 2.05) is 60.0 Å². The number of aromatic amines is 1. The number of halogens is 1. The first-order valence-corrected chi connectivity index (χ1v) is 10.0. The largest absolute Gasteiger partial charge is 0.334 e. The Morgan fingerprint density at radius 2 is 1.89 bits per heavy atom. The molecule has 0 fully saturated rings. The van der Waals surface area contributed by atoms with Gasteiger partial charge in [0.1, 0.15) is 17.4 Å². The molecule has 0 bridgehead atoms. The Hall–Kier alpha value is -2.47. The van der Waals surface area contributed by atoms with E-state index >= 15 is 0 Å². The maximum Gasteiger partial charge on any atom is 0.260 e. The predicted molar refractivity (Wildman–Crippen MR) is 111 cm³/mol. The molecular weight excluding hydrogens is 378 g/mol. The third-order valence-electron chi connectivity index (χ3n) is 4.64. The van der Waals surface area contributed by atoms with Crippen molar-refractivity contribution >= 4 is 33.2 Å². The molecule has 4 nitrogen and oxygen atoms in total. The van der Waals surface area contributed by atoms with Crippen LogP contribution >= 0.6 is 22.9 Å². The lowest BCUT2D eigenvalue weighted by atomic mass is 10.1. The summed E-state index contributed by atoms with van der Waals surface area (Å²) in [4.78, 5) is 21.1. The van der Waals surface area contributed by atoms with Crippen molar-refractivity contribution in [2.75, 3.05) is 0 Å². The van der Waals surface area contributed by atoms with Crippen molar-refractivity contribution in [1.82, 2.24) is 9.97 Å². The SMILES string of the molecule is C[C@H]([NH2+]Cc1nc2scc(-c3ccccc3)c2c(=O)[nH]1)c1ccc(Cl)cc1.